The fourth-order valence-corrected chi connectivity index (χ4v) is 2.10. The standard InChI is InChI=1S/C12H24N2O/c1-9(13)10-6-5-7-14(8-10)11(15)12(2,3)4/h9-10H,5-8,13H2,1-4H3. The first-order valence-corrected chi connectivity index (χ1v) is 5.87. The topological polar surface area (TPSA) is 46.3 Å². The average molecular weight is 212 g/mol. The molecule has 2 atom stereocenters. The number of nitrogens with zero attached hydrogens (tertiary/aromatic N) is 1. The SMILES string of the molecule is CC(N)C1CCCN(C(=O)C(C)(C)C)C1. The van der Waals surface area contributed by atoms with Crippen molar-refractivity contribution in [3.05, 3.63) is 0 Å². The van der Waals surface area contributed by atoms with Gasteiger partial charge in [0, 0.05) is 24.5 Å². The number of hydrogen-bond acceptors (Lipinski definition) is 2. The Morgan fingerprint density at radius 1 is 1.47 bits per heavy atom. The summed E-state index contributed by atoms with van der Waals surface area (Å²) in [7, 11) is 0. The minimum Gasteiger partial charge on any atom is -0.342 e. The molecule has 0 aromatic heterocycles. The number of carbonyl (C=O) groups is 1. The molecular weight excluding hydrogens is 188 g/mol. The van der Waals surface area contributed by atoms with Crippen LogP contribution < -0.4 is 5.73 Å². The number of likely N-dealkylation sites (tertiary alicyclic amines) is 1. The molecule has 0 bridgehead atoms. The smallest absolute Gasteiger partial charge is 0.227 e. The van der Waals surface area contributed by atoms with Gasteiger partial charge in [-0.2, -0.15) is 0 Å². The van der Waals surface area contributed by atoms with Crippen molar-refractivity contribution in [1.82, 2.24) is 4.90 Å². The first-order valence-electron chi connectivity index (χ1n) is 5.87. The van der Waals surface area contributed by atoms with Crippen molar-refractivity contribution in [2.24, 2.45) is 17.1 Å². The van der Waals surface area contributed by atoms with Crippen molar-refractivity contribution in [3.63, 3.8) is 0 Å². The lowest BCUT2D eigenvalue weighted by Gasteiger charge is -2.37. The molecule has 2 unspecified atom stereocenters. The van der Waals surface area contributed by atoms with Crippen LogP contribution >= 0.6 is 0 Å². The molecule has 1 amide bonds. The summed E-state index contributed by atoms with van der Waals surface area (Å²) in [5, 5.41) is 0. The molecule has 1 fully saturated rings. The maximum Gasteiger partial charge on any atom is 0.227 e. The Hall–Kier alpha value is -0.570. The molecule has 1 aliphatic heterocycles. The fraction of sp³-hybridized carbons (Fsp3) is 0.917. The van der Waals surface area contributed by atoms with Gasteiger partial charge in [0.15, 0.2) is 0 Å². The highest BCUT2D eigenvalue weighted by Crippen LogP contribution is 2.24. The van der Waals surface area contributed by atoms with Crippen LogP contribution in [0.1, 0.15) is 40.5 Å². The minimum atomic E-state index is -0.264. The Kier molecular flexibility index (Phi) is 3.77. The number of hydrogen-bond donors (Lipinski definition) is 1. The van der Waals surface area contributed by atoms with Gasteiger partial charge in [0.25, 0.3) is 0 Å². The molecule has 1 heterocycles. The van der Waals surface area contributed by atoms with E-state index in [1.165, 1.54) is 0 Å². The number of piperidine rings is 1. The second-order valence-electron chi connectivity index (χ2n) is 5.76. The zero-order valence-electron chi connectivity index (χ0n) is 10.4. The van der Waals surface area contributed by atoms with Gasteiger partial charge in [-0.15, -0.1) is 0 Å². The van der Waals surface area contributed by atoms with Gasteiger partial charge in [0.05, 0.1) is 0 Å². The molecule has 0 spiro atoms. The molecule has 1 aliphatic rings. The molecule has 3 heteroatoms. The van der Waals surface area contributed by atoms with Gasteiger partial charge in [-0.3, -0.25) is 4.79 Å². The number of rotatable bonds is 1. The summed E-state index contributed by atoms with van der Waals surface area (Å²) in [6.45, 7) is 9.71. The third-order valence-corrected chi connectivity index (χ3v) is 3.13. The van der Waals surface area contributed by atoms with Crippen LogP contribution in [0.15, 0.2) is 0 Å². The summed E-state index contributed by atoms with van der Waals surface area (Å²) in [6.07, 6.45) is 2.25. The van der Waals surface area contributed by atoms with Gasteiger partial charge >= 0.3 is 0 Å². The third-order valence-electron chi connectivity index (χ3n) is 3.13. The van der Waals surface area contributed by atoms with E-state index in [0.29, 0.717) is 5.92 Å². The summed E-state index contributed by atoms with van der Waals surface area (Å²) in [5.74, 6) is 0.734. The molecule has 0 aromatic rings. The largest absolute Gasteiger partial charge is 0.342 e. The van der Waals surface area contributed by atoms with Crippen LogP contribution in [-0.4, -0.2) is 29.9 Å². The van der Waals surface area contributed by atoms with E-state index < -0.39 is 0 Å². The second kappa shape index (κ2) is 4.52. The zero-order valence-corrected chi connectivity index (χ0v) is 10.4. The molecular formula is C12H24N2O. The maximum atomic E-state index is 12.1. The quantitative estimate of drug-likeness (QED) is 0.718. The van der Waals surface area contributed by atoms with Crippen LogP contribution in [0.3, 0.4) is 0 Å². The third kappa shape index (κ3) is 3.20. The summed E-state index contributed by atoms with van der Waals surface area (Å²) in [5.41, 5.74) is 5.64. The van der Waals surface area contributed by atoms with E-state index in [2.05, 4.69) is 0 Å². The van der Waals surface area contributed by atoms with Crippen molar-refractivity contribution in [2.75, 3.05) is 13.1 Å². The van der Waals surface area contributed by atoms with Crippen LogP contribution in [-0.2, 0) is 4.79 Å². The van der Waals surface area contributed by atoms with Crippen molar-refractivity contribution < 1.29 is 4.79 Å². The van der Waals surface area contributed by atoms with E-state index in [4.69, 9.17) is 5.73 Å². The molecule has 0 radical (unpaired) electrons. The number of nitrogens with two attached hydrogens (primary N) is 1. The Morgan fingerprint density at radius 3 is 2.53 bits per heavy atom. The highest BCUT2D eigenvalue weighted by molar-refractivity contribution is 5.81. The maximum absolute atomic E-state index is 12.1. The lowest BCUT2D eigenvalue weighted by Crippen LogP contribution is -2.48. The van der Waals surface area contributed by atoms with Crippen LogP contribution in [0.4, 0.5) is 0 Å². The molecule has 1 rings (SSSR count). The van der Waals surface area contributed by atoms with Gasteiger partial charge in [0.2, 0.25) is 5.91 Å². The second-order valence-corrected chi connectivity index (χ2v) is 5.76. The highest BCUT2D eigenvalue weighted by Gasteiger charge is 2.31. The van der Waals surface area contributed by atoms with Gasteiger partial charge in [-0.25, -0.2) is 0 Å². The fourth-order valence-electron chi connectivity index (χ4n) is 2.10. The number of amides is 1. The number of carbonyl (C=O) groups excluding carboxylic acids is 1. The molecule has 0 aromatic carbocycles. The average Bonchev–Trinajstić information content (AvgIpc) is 2.15. The first-order chi connectivity index (χ1) is 6.82. The van der Waals surface area contributed by atoms with E-state index in [0.717, 1.165) is 25.9 Å². The van der Waals surface area contributed by atoms with Crippen molar-refractivity contribution in [2.45, 2.75) is 46.6 Å². The Labute approximate surface area is 93.0 Å². The van der Waals surface area contributed by atoms with Gasteiger partial charge in [-0.1, -0.05) is 20.8 Å². The molecule has 2 N–H and O–H groups in total. The van der Waals surface area contributed by atoms with Gasteiger partial charge in [0.1, 0.15) is 0 Å². The van der Waals surface area contributed by atoms with E-state index >= 15 is 0 Å². The Morgan fingerprint density at radius 2 is 2.07 bits per heavy atom. The van der Waals surface area contributed by atoms with Gasteiger partial charge < -0.3 is 10.6 Å². The monoisotopic (exact) mass is 212 g/mol. The molecule has 88 valence electrons. The van der Waals surface area contributed by atoms with Crippen LogP contribution in [0.5, 0.6) is 0 Å². The summed E-state index contributed by atoms with van der Waals surface area (Å²) in [4.78, 5) is 14.1. The van der Waals surface area contributed by atoms with E-state index in [-0.39, 0.29) is 17.4 Å². The van der Waals surface area contributed by atoms with Crippen LogP contribution in [0, 0.1) is 11.3 Å². The first kappa shape index (κ1) is 12.5. The predicted molar refractivity (Wildman–Crippen MR) is 62.4 cm³/mol. The minimum absolute atomic E-state index is 0.195. The lowest BCUT2D eigenvalue weighted by atomic mass is 9.89. The summed E-state index contributed by atoms with van der Waals surface area (Å²) >= 11 is 0. The molecule has 3 nitrogen and oxygen atoms in total. The van der Waals surface area contributed by atoms with Crippen LogP contribution in [0.2, 0.25) is 0 Å². The lowest BCUT2D eigenvalue weighted by molar-refractivity contribution is -0.141. The summed E-state index contributed by atoms with van der Waals surface area (Å²) in [6, 6.07) is 0.195. The highest BCUT2D eigenvalue weighted by atomic mass is 16.2. The van der Waals surface area contributed by atoms with Crippen molar-refractivity contribution in [3.8, 4) is 0 Å². The predicted octanol–water partition coefficient (Wildman–Crippen LogP) is 1.62. The summed E-state index contributed by atoms with van der Waals surface area (Å²) < 4.78 is 0. The van der Waals surface area contributed by atoms with Gasteiger partial charge in [-0.05, 0) is 25.7 Å². The molecule has 0 aliphatic carbocycles. The Balaban J connectivity index is 2.60. The van der Waals surface area contributed by atoms with Crippen molar-refractivity contribution in [1.29, 1.82) is 0 Å². The van der Waals surface area contributed by atoms with Crippen molar-refractivity contribution >= 4 is 5.91 Å². The van der Waals surface area contributed by atoms with E-state index in [1.54, 1.807) is 0 Å². The van der Waals surface area contributed by atoms with E-state index in [1.807, 2.05) is 32.6 Å². The van der Waals surface area contributed by atoms with Crippen LogP contribution in [0.25, 0.3) is 0 Å². The molecule has 1 saturated heterocycles. The zero-order chi connectivity index (χ0) is 11.6. The van der Waals surface area contributed by atoms with E-state index in [9.17, 15) is 4.79 Å². The molecule has 0 saturated carbocycles. The molecule has 15 heavy (non-hydrogen) atoms. The normalized spacial score (nSPS) is 25.1. The Bertz CT molecular complexity index is 230.